The Balaban J connectivity index is 1.90. The minimum absolute atomic E-state index is 1.60. The van der Waals surface area contributed by atoms with E-state index in [1.54, 1.807) is 31.1 Å². The van der Waals surface area contributed by atoms with Gasteiger partial charge in [-0.05, 0) is 0 Å². The van der Waals surface area contributed by atoms with Crippen LogP contribution in [0.5, 0.6) is 0 Å². The maximum atomic E-state index is 3.02. The molecular weight excluding hydrogens is 697 g/mol. The zero-order valence-corrected chi connectivity index (χ0v) is 37.3. The lowest BCUT2D eigenvalue weighted by Crippen LogP contribution is -3.04. The normalized spacial score (nSPS) is 16.1. The second kappa shape index (κ2) is 14.0. The maximum absolute atomic E-state index is 3.02. The molecule has 0 spiro atoms. The van der Waals surface area contributed by atoms with Crippen molar-refractivity contribution in [2.75, 3.05) is 0 Å². The van der Waals surface area contributed by atoms with Gasteiger partial charge in [-0.15, -0.1) is 0 Å². The van der Waals surface area contributed by atoms with Gasteiger partial charge < -0.3 is 0 Å². The maximum Gasteiger partial charge on any atom is 0.110 e. The molecule has 6 aromatic carbocycles. The van der Waals surface area contributed by atoms with Gasteiger partial charge in [0.15, 0.2) is 0 Å². The van der Waals surface area contributed by atoms with Crippen LogP contribution in [0, 0.1) is 0 Å². The fraction of sp³-hybridized carbons (Fsp3) is 0.182. The highest BCUT2D eigenvalue weighted by molar-refractivity contribution is 8.10. The van der Waals surface area contributed by atoms with E-state index in [1.165, 1.54) is 0 Å². The van der Waals surface area contributed by atoms with Gasteiger partial charge in [-0.2, -0.15) is 0 Å². The summed E-state index contributed by atoms with van der Waals surface area (Å²) < 4.78 is 0. The summed E-state index contributed by atoms with van der Waals surface area (Å²) in [6, 6.07) is 71.8. The van der Waals surface area contributed by atoms with Crippen LogP contribution >= 0.6 is 0 Å². The van der Waals surface area contributed by atoms with Crippen molar-refractivity contribution < 1.29 is 0 Å². The summed E-state index contributed by atoms with van der Waals surface area (Å²) >= 11 is 0. The molecule has 0 heterocycles. The average Bonchev–Trinajstić information content (AvgIpc) is 3.17. The van der Waals surface area contributed by atoms with E-state index >= 15 is 0 Å². The fourth-order valence-electron chi connectivity index (χ4n) is 10.3. The predicted molar refractivity (Wildman–Crippen MR) is 238 cm³/mol. The molecule has 0 bridgehead atoms. The van der Waals surface area contributed by atoms with E-state index in [1.807, 2.05) is 0 Å². The Kier molecular flexibility index (Phi) is 10.2. The molecule has 6 aromatic rings. The quantitative estimate of drug-likeness (QED) is 0.120. The van der Waals surface area contributed by atoms with Crippen molar-refractivity contribution in [2.45, 2.75) is 52.4 Å². The molecule has 50 heavy (non-hydrogen) atoms. The topological polar surface area (TPSA) is 0 Å². The van der Waals surface area contributed by atoms with E-state index in [9.17, 15) is 0 Å². The summed E-state index contributed by atoms with van der Waals surface area (Å²) in [5.41, 5.74) is 0. The van der Waals surface area contributed by atoms with Gasteiger partial charge in [0, 0.05) is 14.2 Å². The Morgan fingerprint density at radius 1 is 0.240 bits per heavy atom. The van der Waals surface area contributed by atoms with Crippen molar-refractivity contribution in [3.8, 4) is 0 Å². The number of hydrogen-bond donors (Lipinski definition) is 0. The Morgan fingerprint density at radius 3 is 0.600 bits per heavy atom. The summed E-state index contributed by atoms with van der Waals surface area (Å²) in [5.74, 6) is 0. The van der Waals surface area contributed by atoms with Crippen LogP contribution in [0.25, 0.3) is 0 Å². The molecule has 0 saturated carbocycles. The van der Waals surface area contributed by atoms with Crippen LogP contribution in [0.2, 0.25) is 52.4 Å². The van der Waals surface area contributed by atoms with Crippen molar-refractivity contribution in [1.29, 1.82) is 0 Å². The van der Waals surface area contributed by atoms with Gasteiger partial charge in [-0.1, -0.05) is 265 Å². The molecule has 0 aliphatic rings. The number of hydrogen-bond acceptors (Lipinski definition) is 0. The molecule has 2 unspecified atom stereocenters. The van der Waals surface area contributed by atoms with Gasteiger partial charge in [0.1, 0.15) is 15.2 Å². The van der Waals surface area contributed by atoms with Crippen molar-refractivity contribution in [3.05, 3.63) is 182 Å². The van der Waals surface area contributed by atoms with Crippen LogP contribution < -0.4 is 31.1 Å². The van der Waals surface area contributed by atoms with Crippen LogP contribution in [0.4, 0.5) is 0 Å². The van der Waals surface area contributed by atoms with Crippen LogP contribution in [-0.4, -0.2) is 43.6 Å². The first-order valence-corrected chi connectivity index (χ1v) is 39.2. The van der Waals surface area contributed by atoms with Gasteiger partial charge in [0.25, 0.3) is 0 Å². The lowest BCUT2D eigenvalue weighted by molar-refractivity contribution is 1.68. The molecule has 0 amide bonds. The van der Waals surface area contributed by atoms with Crippen molar-refractivity contribution in [3.63, 3.8) is 0 Å². The first-order valence-electron chi connectivity index (χ1n) is 18.2. The summed E-state index contributed by atoms with van der Waals surface area (Å²) in [4.78, 5) is 0. The van der Waals surface area contributed by atoms with E-state index in [4.69, 9.17) is 0 Å². The zero-order chi connectivity index (χ0) is 35.7. The van der Waals surface area contributed by atoms with Crippen molar-refractivity contribution in [1.82, 2.24) is 0 Å². The highest BCUT2D eigenvalue weighted by Gasteiger charge is 2.76. The standard InChI is InChI=1S/C44H54Si6/c1-45(2,3)50(8,48(6,43-35-23-13-24-36-43)46(4,39-27-15-9-16-28-39)40-29-17-10-18-30-40)49(7,44-37-25-14-26-38-44)47(5,41-31-19-11-20-32-41)42-33-21-12-22-34-42/h9-38H,1-8H3. The molecule has 0 saturated heterocycles. The summed E-state index contributed by atoms with van der Waals surface area (Å²) in [7, 11) is -11.9. The Hall–Kier alpha value is -3.38. The summed E-state index contributed by atoms with van der Waals surface area (Å²) in [6.07, 6.45) is 0. The highest BCUT2D eigenvalue weighted by Crippen LogP contribution is 2.44. The zero-order valence-electron chi connectivity index (χ0n) is 31.3. The fourth-order valence-corrected chi connectivity index (χ4v) is 191. The van der Waals surface area contributed by atoms with Crippen LogP contribution in [-0.2, 0) is 0 Å². The van der Waals surface area contributed by atoms with Gasteiger partial charge in [-0.25, -0.2) is 0 Å². The predicted octanol–water partition coefficient (Wildman–Crippen LogP) is 7.55. The first kappa shape index (κ1) is 36.4. The third kappa shape index (κ3) is 5.38. The third-order valence-corrected chi connectivity index (χ3v) is 132. The molecule has 6 rings (SSSR count). The van der Waals surface area contributed by atoms with Gasteiger partial charge in [0.05, 0.1) is 14.2 Å². The van der Waals surface area contributed by atoms with Crippen molar-refractivity contribution in [2.24, 2.45) is 0 Å². The molecule has 6 heteroatoms. The SMILES string of the molecule is C[Si](C)(C)[Si](C)([Si](C)(c1ccccc1)[Si](C)(c1ccccc1)c1ccccc1)[Si](C)(c1ccccc1)[Si](C)(c1ccccc1)c1ccccc1. The molecule has 0 radical (unpaired) electrons. The molecule has 2 atom stereocenters. The largest absolute Gasteiger partial charge is 0.110 e. The van der Waals surface area contributed by atoms with E-state index in [-0.39, 0.29) is 0 Å². The van der Waals surface area contributed by atoms with E-state index in [2.05, 4.69) is 234 Å². The second-order valence-corrected chi connectivity index (χ2v) is 74.3. The summed E-state index contributed by atoms with van der Waals surface area (Å²) in [5, 5.41) is 9.79. The Labute approximate surface area is 307 Å². The first-order chi connectivity index (χ1) is 23.9. The highest BCUT2D eigenvalue weighted by atomic mass is 30.1. The smallest absolute Gasteiger partial charge is 0.0744 e. The molecule has 0 aliphatic heterocycles. The van der Waals surface area contributed by atoms with Crippen LogP contribution in [0.1, 0.15) is 0 Å². The molecule has 0 aromatic heterocycles. The molecule has 0 fully saturated rings. The van der Waals surface area contributed by atoms with Gasteiger partial charge in [0.2, 0.25) is 0 Å². The summed E-state index contributed by atoms with van der Waals surface area (Å²) in [6.45, 7) is 20.5. The minimum atomic E-state index is -2.51. The molecule has 0 nitrogen and oxygen atoms in total. The lowest BCUT2D eigenvalue weighted by Gasteiger charge is -2.68. The van der Waals surface area contributed by atoms with Crippen LogP contribution in [0.3, 0.4) is 0 Å². The van der Waals surface area contributed by atoms with E-state index in [0.717, 1.165) is 0 Å². The molecule has 254 valence electrons. The monoisotopic (exact) mass is 750 g/mol. The minimum Gasteiger partial charge on any atom is -0.0744 e. The molecule has 0 N–H and O–H groups in total. The van der Waals surface area contributed by atoms with Gasteiger partial charge >= 0.3 is 0 Å². The van der Waals surface area contributed by atoms with E-state index < -0.39 is 43.6 Å². The third-order valence-electron chi connectivity index (χ3n) is 13.6. The van der Waals surface area contributed by atoms with E-state index in [0.29, 0.717) is 0 Å². The molecule has 0 aliphatic carbocycles. The van der Waals surface area contributed by atoms with Crippen molar-refractivity contribution >= 4 is 74.7 Å². The Bertz CT molecular complexity index is 1760. The van der Waals surface area contributed by atoms with Gasteiger partial charge in [-0.3, -0.25) is 0 Å². The average molecular weight is 751 g/mol. The molecular formula is C44H54Si6. The second-order valence-electron chi connectivity index (χ2n) is 16.1. The number of rotatable bonds is 11. The number of benzene rings is 6. The lowest BCUT2D eigenvalue weighted by atomic mass is 10.4. The Morgan fingerprint density at radius 2 is 0.420 bits per heavy atom. The van der Waals surface area contributed by atoms with Crippen LogP contribution in [0.15, 0.2) is 182 Å².